The van der Waals surface area contributed by atoms with Crippen LogP contribution in [-0.4, -0.2) is 37.7 Å². The number of aromatic nitrogens is 1. The van der Waals surface area contributed by atoms with Crippen molar-refractivity contribution in [3.8, 4) is 0 Å². The molecule has 0 fully saturated rings. The van der Waals surface area contributed by atoms with Crippen molar-refractivity contribution in [2.24, 2.45) is 0 Å². The fourth-order valence-corrected chi connectivity index (χ4v) is 2.80. The highest BCUT2D eigenvalue weighted by atomic mass is 32.1. The summed E-state index contributed by atoms with van der Waals surface area (Å²) >= 11 is 1.61. The van der Waals surface area contributed by atoms with Gasteiger partial charge in [0.05, 0.1) is 16.8 Å². The highest BCUT2D eigenvalue weighted by molar-refractivity contribution is 7.22. The summed E-state index contributed by atoms with van der Waals surface area (Å²) in [7, 11) is 1.61. The Morgan fingerprint density at radius 3 is 3.00 bits per heavy atom. The van der Waals surface area contributed by atoms with Crippen LogP contribution in [0.5, 0.6) is 0 Å². The smallest absolute Gasteiger partial charge is 0.221 e. The predicted octanol–water partition coefficient (Wildman–Crippen LogP) is 2.17. The maximum atomic E-state index is 11.5. The van der Waals surface area contributed by atoms with E-state index < -0.39 is 0 Å². The zero-order chi connectivity index (χ0) is 14.4. The van der Waals surface area contributed by atoms with Gasteiger partial charge in [0.15, 0.2) is 5.13 Å². The Labute approximate surface area is 122 Å². The number of amides is 1. The molecule has 2 N–H and O–H groups in total. The van der Waals surface area contributed by atoms with Crippen LogP contribution in [0.15, 0.2) is 18.2 Å². The molecule has 1 aromatic carbocycles. The fourth-order valence-electron chi connectivity index (χ4n) is 1.83. The lowest BCUT2D eigenvalue weighted by Crippen LogP contribution is -2.28. The average Bonchev–Trinajstić information content (AvgIpc) is 2.83. The first-order chi connectivity index (χ1) is 9.70. The fraction of sp³-hybridized carbons (Fsp3) is 0.429. The van der Waals surface area contributed by atoms with Gasteiger partial charge in [-0.05, 0) is 18.6 Å². The van der Waals surface area contributed by atoms with E-state index in [1.807, 2.05) is 6.07 Å². The predicted molar refractivity (Wildman–Crippen MR) is 82.3 cm³/mol. The van der Waals surface area contributed by atoms with Crippen LogP contribution in [0.4, 0.5) is 5.13 Å². The molecule has 2 aromatic rings. The van der Waals surface area contributed by atoms with Gasteiger partial charge in [-0.1, -0.05) is 23.5 Å². The number of rotatable bonds is 7. The lowest BCUT2D eigenvalue weighted by molar-refractivity contribution is -0.121. The summed E-state index contributed by atoms with van der Waals surface area (Å²) in [5, 5.41) is 6.84. The molecule has 6 heteroatoms. The van der Waals surface area contributed by atoms with Gasteiger partial charge in [-0.2, -0.15) is 0 Å². The van der Waals surface area contributed by atoms with E-state index in [4.69, 9.17) is 4.74 Å². The third kappa shape index (κ3) is 3.91. The van der Waals surface area contributed by atoms with Crippen molar-refractivity contribution in [3.63, 3.8) is 0 Å². The normalized spacial score (nSPS) is 10.7. The molecule has 0 bridgehead atoms. The standard InChI is InChI=1S/C14H19N3O2S/c1-10-4-3-5-11-13(10)17-14(20-11)16-7-6-12(18)15-8-9-19-2/h3-5H,6-9H2,1-2H3,(H,15,18)(H,16,17). The minimum atomic E-state index is 0.0202. The number of fused-ring (bicyclic) bond motifs is 1. The Morgan fingerprint density at radius 1 is 1.40 bits per heavy atom. The second-order valence-corrected chi connectivity index (χ2v) is 5.49. The van der Waals surface area contributed by atoms with Gasteiger partial charge in [0.2, 0.25) is 5.91 Å². The summed E-state index contributed by atoms with van der Waals surface area (Å²) in [5.41, 5.74) is 2.20. The minimum Gasteiger partial charge on any atom is -0.383 e. The van der Waals surface area contributed by atoms with Gasteiger partial charge in [-0.25, -0.2) is 4.98 Å². The van der Waals surface area contributed by atoms with Gasteiger partial charge in [-0.15, -0.1) is 0 Å². The zero-order valence-electron chi connectivity index (χ0n) is 11.7. The maximum Gasteiger partial charge on any atom is 0.221 e. The largest absolute Gasteiger partial charge is 0.383 e. The Bertz CT molecular complexity index is 583. The number of benzene rings is 1. The Kier molecular flexibility index (Phi) is 5.31. The average molecular weight is 293 g/mol. The number of thiazole rings is 1. The number of hydrogen-bond donors (Lipinski definition) is 2. The van der Waals surface area contributed by atoms with E-state index in [-0.39, 0.29) is 5.91 Å². The molecule has 5 nitrogen and oxygen atoms in total. The summed E-state index contributed by atoms with van der Waals surface area (Å²) < 4.78 is 6.04. The van der Waals surface area contributed by atoms with Crippen molar-refractivity contribution >= 4 is 32.6 Å². The third-order valence-electron chi connectivity index (χ3n) is 2.88. The van der Waals surface area contributed by atoms with E-state index in [1.54, 1.807) is 18.4 Å². The van der Waals surface area contributed by atoms with Gasteiger partial charge >= 0.3 is 0 Å². The summed E-state index contributed by atoms with van der Waals surface area (Å²) in [5.74, 6) is 0.0202. The second kappa shape index (κ2) is 7.21. The molecule has 0 unspecified atom stereocenters. The summed E-state index contributed by atoms with van der Waals surface area (Å²) in [6.07, 6.45) is 0.429. The number of hydrogen-bond acceptors (Lipinski definition) is 5. The van der Waals surface area contributed by atoms with E-state index in [0.717, 1.165) is 15.3 Å². The second-order valence-electron chi connectivity index (χ2n) is 4.46. The van der Waals surface area contributed by atoms with Gasteiger partial charge in [-0.3, -0.25) is 4.79 Å². The van der Waals surface area contributed by atoms with Crippen molar-refractivity contribution < 1.29 is 9.53 Å². The number of anilines is 1. The van der Waals surface area contributed by atoms with Crippen molar-refractivity contribution in [1.82, 2.24) is 10.3 Å². The van der Waals surface area contributed by atoms with E-state index in [1.165, 1.54) is 5.56 Å². The Balaban J connectivity index is 1.81. The molecular weight excluding hydrogens is 274 g/mol. The number of nitrogens with one attached hydrogen (secondary N) is 2. The number of methoxy groups -OCH3 is 1. The first kappa shape index (κ1) is 14.7. The molecule has 108 valence electrons. The monoisotopic (exact) mass is 293 g/mol. The van der Waals surface area contributed by atoms with Gasteiger partial charge in [0.25, 0.3) is 0 Å². The van der Waals surface area contributed by atoms with Crippen LogP contribution >= 0.6 is 11.3 Å². The van der Waals surface area contributed by atoms with Gasteiger partial charge < -0.3 is 15.4 Å². The SMILES string of the molecule is COCCNC(=O)CCNc1nc2c(C)cccc2s1. The van der Waals surface area contributed by atoms with Crippen LogP contribution in [0.2, 0.25) is 0 Å². The van der Waals surface area contributed by atoms with E-state index in [0.29, 0.717) is 26.1 Å². The number of aryl methyl sites for hydroxylation is 1. The third-order valence-corrected chi connectivity index (χ3v) is 3.86. The lowest BCUT2D eigenvalue weighted by atomic mass is 10.2. The zero-order valence-corrected chi connectivity index (χ0v) is 12.5. The van der Waals surface area contributed by atoms with Crippen LogP contribution < -0.4 is 10.6 Å². The summed E-state index contributed by atoms with van der Waals surface area (Å²) in [6.45, 7) is 3.72. The van der Waals surface area contributed by atoms with Crippen LogP contribution in [0, 0.1) is 6.92 Å². The lowest BCUT2D eigenvalue weighted by Gasteiger charge is -2.04. The van der Waals surface area contributed by atoms with Crippen molar-refractivity contribution in [2.45, 2.75) is 13.3 Å². The Hall–Kier alpha value is -1.66. The highest BCUT2D eigenvalue weighted by Gasteiger charge is 2.06. The summed E-state index contributed by atoms with van der Waals surface area (Å²) in [4.78, 5) is 16.1. The molecule has 0 atom stereocenters. The quantitative estimate of drug-likeness (QED) is 0.768. The van der Waals surface area contributed by atoms with Crippen molar-refractivity contribution in [3.05, 3.63) is 23.8 Å². The molecule has 0 aliphatic heterocycles. The minimum absolute atomic E-state index is 0.0202. The topological polar surface area (TPSA) is 63.2 Å². The molecule has 20 heavy (non-hydrogen) atoms. The van der Waals surface area contributed by atoms with Crippen LogP contribution in [0.3, 0.4) is 0 Å². The number of para-hydroxylation sites is 1. The number of carbonyl (C=O) groups is 1. The molecule has 0 aliphatic rings. The molecular formula is C14H19N3O2S. The molecule has 1 amide bonds. The van der Waals surface area contributed by atoms with Crippen LogP contribution in [-0.2, 0) is 9.53 Å². The van der Waals surface area contributed by atoms with Gasteiger partial charge in [0, 0.05) is 26.6 Å². The molecule has 0 saturated carbocycles. The van der Waals surface area contributed by atoms with Crippen molar-refractivity contribution in [2.75, 3.05) is 32.1 Å². The highest BCUT2D eigenvalue weighted by Crippen LogP contribution is 2.27. The van der Waals surface area contributed by atoms with Crippen LogP contribution in [0.1, 0.15) is 12.0 Å². The molecule has 0 aliphatic carbocycles. The first-order valence-corrected chi connectivity index (χ1v) is 7.38. The van der Waals surface area contributed by atoms with E-state index in [2.05, 4.69) is 34.7 Å². The Morgan fingerprint density at radius 2 is 2.25 bits per heavy atom. The van der Waals surface area contributed by atoms with E-state index >= 15 is 0 Å². The number of ether oxygens (including phenoxy) is 1. The molecule has 0 spiro atoms. The molecule has 0 saturated heterocycles. The molecule has 1 heterocycles. The molecule has 0 radical (unpaired) electrons. The molecule has 2 rings (SSSR count). The van der Waals surface area contributed by atoms with Gasteiger partial charge in [0.1, 0.15) is 0 Å². The van der Waals surface area contributed by atoms with Crippen LogP contribution in [0.25, 0.3) is 10.2 Å². The summed E-state index contributed by atoms with van der Waals surface area (Å²) in [6, 6.07) is 6.14. The first-order valence-electron chi connectivity index (χ1n) is 6.56. The van der Waals surface area contributed by atoms with E-state index in [9.17, 15) is 4.79 Å². The molecule has 1 aromatic heterocycles. The van der Waals surface area contributed by atoms with Crippen molar-refractivity contribution in [1.29, 1.82) is 0 Å². The maximum absolute atomic E-state index is 11.5. The number of nitrogens with zero attached hydrogens (tertiary/aromatic N) is 1. The number of carbonyl (C=O) groups excluding carboxylic acids is 1.